The zero-order chi connectivity index (χ0) is 10.4. The summed E-state index contributed by atoms with van der Waals surface area (Å²) in [6, 6.07) is 0. The summed E-state index contributed by atoms with van der Waals surface area (Å²) < 4.78 is 0. The fourth-order valence-corrected chi connectivity index (χ4v) is 1.35. The van der Waals surface area contributed by atoms with Crippen LogP contribution in [0.2, 0.25) is 0 Å². The summed E-state index contributed by atoms with van der Waals surface area (Å²) in [6.45, 7) is 3.18. The molecule has 0 radical (unpaired) electrons. The van der Waals surface area contributed by atoms with Gasteiger partial charge in [0.25, 0.3) is 0 Å². The van der Waals surface area contributed by atoms with Crippen LogP contribution in [0.25, 0.3) is 0 Å². The first-order valence-electron chi connectivity index (χ1n) is 5.03. The lowest BCUT2D eigenvalue weighted by Crippen LogP contribution is -2.10. The third-order valence-corrected chi connectivity index (χ3v) is 2.24. The van der Waals surface area contributed by atoms with Gasteiger partial charge < -0.3 is 4.90 Å². The van der Waals surface area contributed by atoms with E-state index in [9.17, 15) is 0 Å². The number of nitrogens with zero attached hydrogens (tertiary/aromatic N) is 1. The first-order chi connectivity index (χ1) is 6.70. The first kappa shape index (κ1) is 11.0. The maximum Gasteiger partial charge on any atom is 0.0161 e. The topological polar surface area (TPSA) is 3.24 Å². The van der Waals surface area contributed by atoms with Crippen molar-refractivity contribution in [2.24, 2.45) is 5.92 Å². The highest BCUT2D eigenvalue weighted by atomic mass is 15.0. The van der Waals surface area contributed by atoms with Crippen LogP contribution in [0.15, 0.2) is 48.1 Å². The van der Waals surface area contributed by atoms with Crippen LogP contribution in [0.5, 0.6) is 0 Å². The zero-order valence-electron chi connectivity index (χ0n) is 9.27. The maximum absolute atomic E-state index is 2.26. The molecule has 0 N–H and O–H groups in total. The van der Waals surface area contributed by atoms with Crippen molar-refractivity contribution in [3.05, 3.63) is 48.1 Å². The van der Waals surface area contributed by atoms with E-state index in [-0.39, 0.29) is 0 Å². The lowest BCUT2D eigenvalue weighted by Gasteiger charge is -2.08. The van der Waals surface area contributed by atoms with E-state index in [0.717, 1.165) is 6.54 Å². The van der Waals surface area contributed by atoms with E-state index in [0.29, 0.717) is 5.92 Å². The van der Waals surface area contributed by atoms with Gasteiger partial charge in [-0.1, -0.05) is 48.1 Å². The summed E-state index contributed by atoms with van der Waals surface area (Å²) in [5, 5.41) is 0. The molecule has 1 nitrogen and oxygen atoms in total. The van der Waals surface area contributed by atoms with Gasteiger partial charge in [0, 0.05) is 12.5 Å². The largest absolute Gasteiger partial charge is 0.306 e. The molecular weight excluding hydrogens is 170 g/mol. The molecule has 0 heterocycles. The lowest BCUT2D eigenvalue weighted by atomic mass is 10.00. The molecule has 1 atom stereocenters. The number of likely N-dealkylation sites (N-methyl/N-ethyl adjacent to an activating group) is 1. The van der Waals surface area contributed by atoms with Gasteiger partial charge in [-0.2, -0.15) is 0 Å². The second-order valence-electron chi connectivity index (χ2n) is 3.90. The van der Waals surface area contributed by atoms with Gasteiger partial charge in [-0.25, -0.2) is 0 Å². The quantitative estimate of drug-likeness (QED) is 0.617. The Bertz CT molecular complexity index is 280. The molecule has 1 unspecified atom stereocenters. The smallest absolute Gasteiger partial charge is 0.0161 e. The Labute approximate surface area is 87.1 Å². The molecule has 0 spiro atoms. The Morgan fingerprint density at radius 1 is 1.29 bits per heavy atom. The van der Waals surface area contributed by atoms with Gasteiger partial charge in [0.15, 0.2) is 0 Å². The minimum absolute atomic E-state index is 0.463. The average molecular weight is 189 g/mol. The van der Waals surface area contributed by atoms with E-state index in [1.807, 2.05) is 0 Å². The SMILES string of the molecule is CC1=CC=CC=CC1/C=C\CN(C)C. The number of rotatable bonds is 3. The molecule has 14 heavy (non-hydrogen) atoms. The maximum atomic E-state index is 2.26. The van der Waals surface area contributed by atoms with Crippen LogP contribution in [-0.2, 0) is 0 Å². The van der Waals surface area contributed by atoms with Crippen LogP contribution in [0.4, 0.5) is 0 Å². The molecule has 0 aromatic heterocycles. The molecule has 0 fully saturated rings. The monoisotopic (exact) mass is 189 g/mol. The first-order valence-corrected chi connectivity index (χ1v) is 5.03. The second-order valence-corrected chi connectivity index (χ2v) is 3.90. The molecule has 76 valence electrons. The fourth-order valence-electron chi connectivity index (χ4n) is 1.35. The van der Waals surface area contributed by atoms with Crippen molar-refractivity contribution in [2.45, 2.75) is 6.92 Å². The van der Waals surface area contributed by atoms with Gasteiger partial charge in [0.1, 0.15) is 0 Å². The van der Waals surface area contributed by atoms with Gasteiger partial charge in [0.05, 0.1) is 0 Å². The van der Waals surface area contributed by atoms with Crippen molar-refractivity contribution in [3.63, 3.8) is 0 Å². The van der Waals surface area contributed by atoms with E-state index >= 15 is 0 Å². The van der Waals surface area contributed by atoms with Gasteiger partial charge in [-0.15, -0.1) is 0 Å². The van der Waals surface area contributed by atoms with Crippen LogP contribution in [0, 0.1) is 5.92 Å². The summed E-state index contributed by atoms with van der Waals surface area (Å²) >= 11 is 0. The summed E-state index contributed by atoms with van der Waals surface area (Å²) in [6.07, 6.45) is 15.1. The molecule has 0 saturated carbocycles. The average Bonchev–Trinajstić information content (AvgIpc) is 2.31. The van der Waals surface area contributed by atoms with Crippen LogP contribution < -0.4 is 0 Å². The standard InChI is InChI=1S/C13H19N/c1-12-8-5-4-6-9-13(12)10-7-11-14(2)3/h4-10,13H,11H2,1-3H3/b10-7-. The molecule has 1 rings (SSSR count). The fraction of sp³-hybridized carbons (Fsp3) is 0.385. The van der Waals surface area contributed by atoms with Gasteiger partial charge >= 0.3 is 0 Å². The lowest BCUT2D eigenvalue weighted by molar-refractivity contribution is 0.456. The molecule has 0 bridgehead atoms. The van der Waals surface area contributed by atoms with Crippen molar-refractivity contribution in [2.75, 3.05) is 20.6 Å². The van der Waals surface area contributed by atoms with Crippen LogP contribution in [-0.4, -0.2) is 25.5 Å². The Balaban J connectivity index is 2.55. The van der Waals surface area contributed by atoms with Gasteiger partial charge in [-0.05, 0) is 21.0 Å². The number of allylic oxidation sites excluding steroid dienone is 7. The third-order valence-electron chi connectivity index (χ3n) is 2.24. The Hall–Kier alpha value is -1.08. The predicted molar refractivity (Wildman–Crippen MR) is 63.2 cm³/mol. The normalized spacial score (nSPS) is 21.7. The minimum Gasteiger partial charge on any atom is -0.306 e. The summed E-state index contributed by atoms with van der Waals surface area (Å²) in [5.41, 5.74) is 1.39. The van der Waals surface area contributed by atoms with Crippen molar-refractivity contribution in [1.29, 1.82) is 0 Å². The van der Waals surface area contributed by atoms with Gasteiger partial charge in [0.2, 0.25) is 0 Å². The van der Waals surface area contributed by atoms with E-state index in [1.54, 1.807) is 0 Å². The Kier molecular flexibility index (Phi) is 4.41. The van der Waals surface area contributed by atoms with Crippen molar-refractivity contribution in [3.8, 4) is 0 Å². The number of hydrogen-bond donors (Lipinski definition) is 0. The van der Waals surface area contributed by atoms with Crippen LogP contribution in [0.3, 0.4) is 0 Å². The van der Waals surface area contributed by atoms with E-state index < -0.39 is 0 Å². The molecule has 0 aromatic rings. The highest BCUT2D eigenvalue weighted by Gasteiger charge is 2.02. The summed E-state index contributed by atoms with van der Waals surface area (Å²) in [7, 11) is 4.16. The van der Waals surface area contributed by atoms with Gasteiger partial charge in [-0.3, -0.25) is 0 Å². The third kappa shape index (κ3) is 3.75. The zero-order valence-corrected chi connectivity index (χ0v) is 9.27. The number of hydrogen-bond acceptors (Lipinski definition) is 1. The van der Waals surface area contributed by atoms with Crippen molar-refractivity contribution < 1.29 is 0 Å². The van der Waals surface area contributed by atoms with Crippen LogP contribution >= 0.6 is 0 Å². The van der Waals surface area contributed by atoms with Crippen molar-refractivity contribution in [1.82, 2.24) is 4.90 Å². The molecule has 0 aliphatic heterocycles. The minimum atomic E-state index is 0.463. The van der Waals surface area contributed by atoms with E-state index in [1.165, 1.54) is 5.57 Å². The molecule has 0 amide bonds. The van der Waals surface area contributed by atoms with E-state index in [2.05, 4.69) is 68.5 Å². The Morgan fingerprint density at radius 2 is 2.07 bits per heavy atom. The predicted octanol–water partition coefficient (Wildman–Crippen LogP) is 2.79. The van der Waals surface area contributed by atoms with Crippen LogP contribution in [0.1, 0.15) is 6.92 Å². The molecule has 1 aliphatic rings. The van der Waals surface area contributed by atoms with Crippen molar-refractivity contribution >= 4 is 0 Å². The Morgan fingerprint density at radius 3 is 2.79 bits per heavy atom. The molecule has 0 aromatic carbocycles. The molecular formula is C13H19N. The molecule has 1 heteroatoms. The highest BCUT2D eigenvalue weighted by Crippen LogP contribution is 2.16. The summed E-state index contributed by atoms with van der Waals surface area (Å²) in [5.74, 6) is 0.463. The second kappa shape index (κ2) is 5.61. The van der Waals surface area contributed by atoms with E-state index in [4.69, 9.17) is 0 Å². The summed E-state index contributed by atoms with van der Waals surface area (Å²) in [4.78, 5) is 2.16. The molecule has 1 aliphatic carbocycles. The molecule has 0 saturated heterocycles. The highest BCUT2D eigenvalue weighted by molar-refractivity contribution is 5.28.